The molecule has 0 amide bonds. The summed E-state index contributed by atoms with van der Waals surface area (Å²) >= 11 is 0. The van der Waals surface area contributed by atoms with E-state index in [1.54, 1.807) is 11.9 Å². The van der Waals surface area contributed by atoms with Gasteiger partial charge in [-0.15, -0.1) is 0 Å². The van der Waals surface area contributed by atoms with Gasteiger partial charge in [-0.1, -0.05) is 0 Å². The molecular weight excluding hydrogens is 289 g/mol. The zero-order valence-corrected chi connectivity index (χ0v) is 13.2. The second kappa shape index (κ2) is 7.02. The van der Waals surface area contributed by atoms with Crippen molar-refractivity contribution in [3.63, 3.8) is 0 Å². The van der Waals surface area contributed by atoms with Crippen molar-refractivity contribution in [2.45, 2.75) is 26.1 Å². The first kappa shape index (κ1) is 16.6. The minimum Gasteiger partial charge on any atom is -0.373 e. The number of benzene rings is 1. The fourth-order valence-electron chi connectivity index (χ4n) is 2.80. The van der Waals surface area contributed by atoms with Crippen molar-refractivity contribution in [2.24, 2.45) is 0 Å². The lowest BCUT2D eigenvalue weighted by molar-refractivity contribution is -0.385. The average molecular weight is 311 g/mol. The molecule has 0 aromatic heterocycles. The molecule has 6 nitrogen and oxygen atoms in total. The summed E-state index contributed by atoms with van der Waals surface area (Å²) in [7, 11) is 1.79. The van der Waals surface area contributed by atoms with Crippen molar-refractivity contribution < 1.29 is 14.1 Å². The third-order valence-corrected chi connectivity index (χ3v) is 3.80. The van der Waals surface area contributed by atoms with E-state index in [4.69, 9.17) is 4.74 Å². The Kier molecular flexibility index (Phi) is 5.31. The molecule has 0 saturated carbocycles. The van der Waals surface area contributed by atoms with Gasteiger partial charge >= 0.3 is 0 Å². The van der Waals surface area contributed by atoms with Gasteiger partial charge in [-0.2, -0.15) is 0 Å². The molecule has 0 N–H and O–H groups in total. The number of non-ortho nitro benzene ring substituents is 1. The molecule has 1 heterocycles. The number of nitro benzene ring substituents is 1. The topological polar surface area (TPSA) is 58.9 Å². The molecule has 2 rings (SSSR count). The smallest absolute Gasteiger partial charge is 0.272 e. The predicted molar refractivity (Wildman–Crippen MR) is 82.8 cm³/mol. The Bertz CT molecular complexity index is 531. The third kappa shape index (κ3) is 4.14. The number of rotatable bonds is 5. The molecule has 1 aromatic rings. The fraction of sp³-hybridized carbons (Fsp3) is 0.600. The molecule has 1 aromatic carbocycles. The average Bonchev–Trinajstić information content (AvgIpc) is 2.43. The second-order valence-electron chi connectivity index (χ2n) is 5.83. The molecule has 1 saturated heterocycles. The van der Waals surface area contributed by atoms with Gasteiger partial charge < -0.3 is 9.64 Å². The number of likely N-dealkylation sites (N-methyl/N-ethyl adjacent to an activating group) is 1. The zero-order valence-electron chi connectivity index (χ0n) is 13.2. The van der Waals surface area contributed by atoms with Crippen LogP contribution in [0.3, 0.4) is 0 Å². The number of ether oxygens (including phenoxy) is 1. The zero-order chi connectivity index (χ0) is 16.3. The Morgan fingerprint density at radius 2 is 2.05 bits per heavy atom. The molecule has 22 heavy (non-hydrogen) atoms. The van der Waals surface area contributed by atoms with E-state index in [1.165, 1.54) is 12.1 Å². The minimum atomic E-state index is -0.594. The minimum absolute atomic E-state index is 0.199. The normalized spacial score (nSPS) is 22.5. The largest absolute Gasteiger partial charge is 0.373 e. The Labute approximate surface area is 129 Å². The van der Waals surface area contributed by atoms with Gasteiger partial charge in [0.2, 0.25) is 0 Å². The first-order valence-corrected chi connectivity index (χ1v) is 7.39. The molecule has 1 aliphatic heterocycles. The summed E-state index contributed by atoms with van der Waals surface area (Å²) in [4.78, 5) is 14.1. The lowest BCUT2D eigenvalue weighted by atomic mass is 10.2. The maximum atomic E-state index is 14.0. The van der Waals surface area contributed by atoms with Crippen LogP contribution in [-0.2, 0) is 4.74 Å². The van der Waals surface area contributed by atoms with Gasteiger partial charge in [0, 0.05) is 39.3 Å². The van der Waals surface area contributed by atoms with Gasteiger partial charge in [0.15, 0.2) is 5.82 Å². The van der Waals surface area contributed by atoms with Crippen LogP contribution in [0.1, 0.15) is 13.8 Å². The van der Waals surface area contributed by atoms with Crippen molar-refractivity contribution in [3.05, 3.63) is 34.1 Å². The van der Waals surface area contributed by atoms with Gasteiger partial charge in [-0.05, 0) is 19.9 Å². The number of halogens is 1. The molecule has 1 fully saturated rings. The molecule has 0 spiro atoms. The highest BCUT2D eigenvalue weighted by atomic mass is 19.1. The SMILES string of the molecule is C[C@@H]1CN(CCN(C)c2ccc([N+](=O)[O-])cc2F)C[C@H](C)O1. The number of morpholine rings is 1. The van der Waals surface area contributed by atoms with Gasteiger partial charge in [-0.25, -0.2) is 4.39 Å². The van der Waals surface area contributed by atoms with Crippen LogP contribution < -0.4 is 4.90 Å². The molecule has 122 valence electrons. The Balaban J connectivity index is 1.94. The molecule has 0 aliphatic carbocycles. The van der Waals surface area contributed by atoms with Crippen molar-refractivity contribution in [2.75, 3.05) is 38.1 Å². The van der Waals surface area contributed by atoms with Crippen LogP contribution in [0.5, 0.6) is 0 Å². The van der Waals surface area contributed by atoms with Crippen LogP contribution in [0.2, 0.25) is 0 Å². The summed E-state index contributed by atoms with van der Waals surface area (Å²) in [5, 5.41) is 10.6. The first-order chi connectivity index (χ1) is 10.4. The van der Waals surface area contributed by atoms with Crippen LogP contribution in [-0.4, -0.2) is 55.3 Å². The van der Waals surface area contributed by atoms with Crippen molar-refractivity contribution in [1.82, 2.24) is 4.90 Å². The van der Waals surface area contributed by atoms with Gasteiger partial charge in [0.25, 0.3) is 5.69 Å². The van der Waals surface area contributed by atoms with Gasteiger partial charge in [0.1, 0.15) is 0 Å². The summed E-state index contributed by atoms with van der Waals surface area (Å²) in [5.74, 6) is -0.569. The van der Waals surface area contributed by atoms with E-state index in [9.17, 15) is 14.5 Å². The lowest BCUT2D eigenvalue weighted by Gasteiger charge is -2.36. The summed E-state index contributed by atoms with van der Waals surface area (Å²) in [5.41, 5.74) is 0.144. The van der Waals surface area contributed by atoms with Crippen molar-refractivity contribution in [3.8, 4) is 0 Å². The third-order valence-electron chi connectivity index (χ3n) is 3.80. The van der Waals surface area contributed by atoms with Crippen LogP contribution in [0, 0.1) is 15.9 Å². The van der Waals surface area contributed by atoms with Crippen molar-refractivity contribution in [1.29, 1.82) is 0 Å². The highest BCUT2D eigenvalue weighted by Gasteiger charge is 2.22. The lowest BCUT2D eigenvalue weighted by Crippen LogP contribution is -2.47. The first-order valence-electron chi connectivity index (χ1n) is 7.39. The second-order valence-corrected chi connectivity index (χ2v) is 5.83. The van der Waals surface area contributed by atoms with E-state index in [0.717, 1.165) is 25.7 Å². The number of nitrogens with zero attached hydrogens (tertiary/aromatic N) is 3. The quantitative estimate of drug-likeness (QED) is 0.617. The maximum absolute atomic E-state index is 14.0. The highest BCUT2D eigenvalue weighted by molar-refractivity contribution is 5.51. The van der Waals surface area contributed by atoms with Crippen LogP contribution in [0.4, 0.5) is 15.8 Å². The Hall–Kier alpha value is -1.73. The molecular formula is C15H22FN3O3. The molecule has 1 aliphatic rings. The number of nitro groups is 1. The fourth-order valence-corrected chi connectivity index (χ4v) is 2.80. The van der Waals surface area contributed by atoms with Crippen LogP contribution in [0.25, 0.3) is 0 Å². The summed E-state index contributed by atoms with van der Waals surface area (Å²) in [6.45, 7) is 7.26. The van der Waals surface area contributed by atoms with E-state index in [1.807, 2.05) is 13.8 Å². The molecule has 0 radical (unpaired) electrons. The molecule has 2 atom stereocenters. The maximum Gasteiger partial charge on any atom is 0.272 e. The molecule has 0 unspecified atom stereocenters. The molecule has 7 heteroatoms. The van der Waals surface area contributed by atoms with E-state index in [-0.39, 0.29) is 17.9 Å². The summed E-state index contributed by atoms with van der Waals surface area (Å²) in [6, 6.07) is 3.75. The highest BCUT2D eigenvalue weighted by Crippen LogP contribution is 2.23. The van der Waals surface area contributed by atoms with Crippen LogP contribution in [0.15, 0.2) is 18.2 Å². The summed E-state index contributed by atoms with van der Waals surface area (Å²) in [6.07, 6.45) is 0.398. The van der Waals surface area contributed by atoms with Crippen LogP contribution >= 0.6 is 0 Å². The van der Waals surface area contributed by atoms with E-state index in [2.05, 4.69) is 4.90 Å². The number of anilines is 1. The summed E-state index contributed by atoms with van der Waals surface area (Å²) < 4.78 is 19.7. The van der Waals surface area contributed by atoms with E-state index >= 15 is 0 Å². The van der Waals surface area contributed by atoms with Gasteiger partial charge in [-0.3, -0.25) is 15.0 Å². The van der Waals surface area contributed by atoms with E-state index in [0.29, 0.717) is 12.2 Å². The Morgan fingerprint density at radius 3 is 2.59 bits per heavy atom. The van der Waals surface area contributed by atoms with E-state index < -0.39 is 10.7 Å². The van der Waals surface area contributed by atoms with Crippen molar-refractivity contribution >= 4 is 11.4 Å². The monoisotopic (exact) mass is 311 g/mol. The Morgan fingerprint density at radius 1 is 1.41 bits per heavy atom. The number of hydrogen-bond donors (Lipinski definition) is 0. The van der Waals surface area contributed by atoms with Gasteiger partial charge in [0.05, 0.1) is 28.9 Å². The predicted octanol–water partition coefficient (Wildman–Crippen LogP) is 2.28. The standard InChI is InChI=1S/C15H22FN3O3/c1-11-9-18(10-12(2)22-11)7-6-17(3)15-5-4-13(19(20)21)8-14(15)16/h4-5,8,11-12H,6-7,9-10H2,1-3H3/t11-,12+. The molecule has 0 bridgehead atoms. The number of hydrogen-bond acceptors (Lipinski definition) is 5.